The van der Waals surface area contributed by atoms with Gasteiger partial charge in [0.1, 0.15) is 5.52 Å². The molecule has 0 saturated heterocycles. The van der Waals surface area contributed by atoms with Gasteiger partial charge >= 0.3 is 0 Å². The SMILES string of the molecule is CCc1cc2c(=O)[nH]c(-c3cnn(C)c3)cn2n1. The molecule has 3 heterocycles. The number of aryl methyl sites for hydroxylation is 2. The van der Waals surface area contributed by atoms with E-state index in [1.807, 2.05) is 32.4 Å². The molecule has 0 spiro atoms. The first-order valence-electron chi connectivity index (χ1n) is 5.78. The minimum absolute atomic E-state index is 0.136. The van der Waals surface area contributed by atoms with Gasteiger partial charge in [0.15, 0.2) is 0 Å². The van der Waals surface area contributed by atoms with E-state index in [1.54, 1.807) is 15.4 Å². The van der Waals surface area contributed by atoms with Crippen LogP contribution in [0, 0.1) is 0 Å². The minimum atomic E-state index is -0.136. The van der Waals surface area contributed by atoms with Gasteiger partial charge in [0.2, 0.25) is 0 Å². The number of hydrogen-bond donors (Lipinski definition) is 1. The van der Waals surface area contributed by atoms with Crippen molar-refractivity contribution in [3.63, 3.8) is 0 Å². The fraction of sp³-hybridized carbons (Fsp3) is 0.250. The van der Waals surface area contributed by atoms with E-state index >= 15 is 0 Å². The lowest BCUT2D eigenvalue weighted by Gasteiger charge is -1.98. The summed E-state index contributed by atoms with van der Waals surface area (Å²) in [6.45, 7) is 2.01. The zero-order valence-electron chi connectivity index (χ0n) is 10.2. The summed E-state index contributed by atoms with van der Waals surface area (Å²) in [7, 11) is 1.84. The Morgan fingerprint density at radius 2 is 2.22 bits per heavy atom. The second-order valence-electron chi connectivity index (χ2n) is 4.22. The molecule has 0 aliphatic rings. The van der Waals surface area contributed by atoms with Crippen molar-refractivity contribution in [2.45, 2.75) is 13.3 Å². The molecular formula is C12H13N5O. The fourth-order valence-electron chi connectivity index (χ4n) is 1.93. The van der Waals surface area contributed by atoms with Gasteiger partial charge in [-0.2, -0.15) is 10.2 Å². The molecule has 18 heavy (non-hydrogen) atoms. The maximum atomic E-state index is 12.0. The Kier molecular flexibility index (Phi) is 2.29. The van der Waals surface area contributed by atoms with Crippen LogP contribution < -0.4 is 5.56 Å². The molecule has 3 rings (SSSR count). The summed E-state index contributed by atoms with van der Waals surface area (Å²) in [4.78, 5) is 14.8. The Hall–Kier alpha value is -2.37. The number of fused-ring (bicyclic) bond motifs is 1. The summed E-state index contributed by atoms with van der Waals surface area (Å²) in [5.74, 6) is 0. The third-order valence-electron chi connectivity index (χ3n) is 2.90. The minimum Gasteiger partial charge on any atom is -0.319 e. The van der Waals surface area contributed by atoms with Gasteiger partial charge in [0, 0.05) is 18.8 Å². The Labute approximate surface area is 103 Å². The second-order valence-corrected chi connectivity index (χ2v) is 4.22. The third-order valence-corrected chi connectivity index (χ3v) is 2.90. The van der Waals surface area contributed by atoms with Crippen LogP contribution in [-0.4, -0.2) is 24.4 Å². The fourth-order valence-corrected chi connectivity index (χ4v) is 1.93. The zero-order valence-corrected chi connectivity index (χ0v) is 10.2. The number of nitrogens with one attached hydrogen (secondary N) is 1. The van der Waals surface area contributed by atoms with Crippen molar-refractivity contribution in [1.29, 1.82) is 0 Å². The van der Waals surface area contributed by atoms with E-state index in [1.165, 1.54) is 0 Å². The highest BCUT2D eigenvalue weighted by molar-refractivity contribution is 5.58. The summed E-state index contributed by atoms with van der Waals surface area (Å²) in [6, 6.07) is 1.81. The van der Waals surface area contributed by atoms with Gasteiger partial charge in [-0.1, -0.05) is 6.92 Å². The molecule has 0 aliphatic carbocycles. The summed E-state index contributed by atoms with van der Waals surface area (Å²) in [5, 5.41) is 8.44. The molecule has 0 unspecified atom stereocenters. The quantitative estimate of drug-likeness (QED) is 0.729. The summed E-state index contributed by atoms with van der Waals surface area (Å²) < 4.78 is 3.32. The normalized spacial score (nSPS) is 11.2. The van der Waals surface area contributed by atoms with Crippen molar-refractivity contribution in [2.24, 2.45) is 7.05 Å². The maximum Gasteiger partial charge on any atom is 0.274 e. The smallest absolute Gasteiger partial charge is 0.274 e. The molecular weight excluding hydrogens is 230 g/mol. The third kappa shape index (κ3) is 1.62. The average Bonchev–Trinajstić information content (AvgIpc) is 2.94. The standard InChI is InChI=1S/C12H13N5O/c1-3-9-4-11-12(18)14-10(7-17(11)15-9)8-5-13-16(2)6-8/h4-7H,3H2,1-2H3,(H,14,18). The van der Waals surface area contributed by atoms with E-state index in [0.717, 1.165) is 17.7 Å². The van der Waals surface area contributed by atoms with Crippen LogP contribution in [0.15, 0.2) is 29.5 Å². The molecule has 0 bridgehead atoms. The molecule has 92 valence electrons. The molecule has 3 aromatic rings. The Bertz CT molecular complexity index is 764. The predicted molar refractivity (Wildman–Crippen MR) is 67.4 cm³/mol. The molecule has 0 aromatic carbocycles. The molecule has 6 nitrogen and oxygen atoms in total. The molecule has 0 radical (unpaired) electrons. The van der Waals surface area contributed by atoms with E-state index in [0.29, 0.717) is 11.2 Å². The molecule has 3 aromatic heterocycles. The molecule has 0 aliphatic heterocycles. The van der Waals surface area contributed by atoms with Crippen LogP contribution in [-0.2, 0) is 13.5 Å². The van der Waals surface area contributed by atoms with Crippen LogP contribution in [0.25, 0.3) is 16.8 Å². The lowest BCUT2D eigenvalue weighted by atomic mass is 10.2. The van der Waals surface area contributed by atoms with Crippen molar-refractivity contribution < 1.29 is 0 Å². The number of aromatic amines is 1. The van der Waals surface area contributed by atoms with Crippen LogP contribution in [0.3, 0.4) is 0 Å². The number of aromatic nitrogens is 5. The first-order chi connectivity index (χ1) is 8.67. The summed E-state index contributed by atoms with van der Waals surface area (Å²) in [5.41, 5.74) is 2.92. The molecule has 1 N–H and O–H groups in total. The van der Waals surface area contributed by atoms with Gasteiger partial charge in [0.05, 0.1) is 23.8 Å². The summed E-state index contributed by atoms with van der Waals surface area (Å²) in [6.07, 6.45) is 6.18. The van der Waals surface area contributed by atoms with Crippen LogP contribution in [0.4, 0.5) is 0 Å². The average molecular weight is 243 g/mol. The van der Waals surface area contributed by atoms with Crippen LogP contribution >= 0.6 is 0 Å². The van der Waals surface area contributed by atoms with Crippen LogP contribution in [0.5, 0.6) is 0 Å². The van der Waals surface area contributed by atoms with Gasteiger partial charge in [-0.3, -0.25) is 9.48 Å². The second kappa shape index (κ2) is 3.83. The Morgan fingerprint density at radius 1 is 1.39 bits per heavy atom. The Morgan fingerprint density at radius 3 is 2.89 bits per heavy atom. The molecule has 0 saturated carbocycles. The van der Waals surface area contributed by atoms with Crippen LogP contribution in [0.1, 0.15) is 12.6 Å². The first kappa shape index (κ1) is 10.8. The van der Waals surface area contributed by atoms with Crippen molar-refractivity contribution in [3.05, 3.63) is 40.7 Å². The van der Waals surface area contributed by atoms with Crippen molar-refractivity contribution in [2.75, 3.05) is 0 Å². The number of nitrogens with zero attached hydrogens (tertiary/aromatic N) is 4. The van der Waals surface area contributed by atoms with E-state index < -0.39 is 0 Å². The van der Waals surface area contributed by atoms with E-state index in [4.69, 9.17) is 0 Å². The predicted octanol–water partition coefficient (Wildman–Crippen LogP) is 0.985. The van der Waals surface area contributed by atoms with Gasteiger partial charge in [0.25, 0.3) is 5.56 Å². The monoisotopic (exact) mass is 243 g/mol. The van der Waals surface area contributed by atoms with Crippen molar-refractivity contribution in [3.8, 4) is 11.3 Å². The highest BCUT2D eigenvalue weighted by Crippen LogP contribution is 2.14. The Balaban J connectivity index is 2.23. The lowest BCUT2D eigenvalue weighted by Crippen LogP contribution is -2.10. The van der Waals surface area contributed by atoms with E-state index in [-0.39, 0.29) is 5.56 Å². The number of hydrogen-bond acceptors (Lipinski definition) is 3. The van der Waals surface area contributed by atoms with Crippen molar-refractivity contribution >= 4 is 5.52 Å². The molecule has 0 amide bonds. The largest absolute Gasteiger partial charge is 0.319 e. The van der Waals surface area contributed by atoms with Gasteiger partial charge in [-0.15, -0.1) is 0 Å². The van der Waals surface area contributed by atoms with E-state index in [9.17, 15) is 4.79 Å². The molecule has 0 fully saturated rings. The van der Waals surface area contributed by atoms with E-state index in [2.05, 4.69) is 15.2 Å². The van der Waals surface area contributed by atoms with Crippen LogP contribution in [0.2, 0.25) is 0 Å². The van der Waals surface area contributed by atoms with Gasteiger partial charge < -0.3 is 4.98 Å². The summed E-state index contributed by atoms with van der Waals surface area (Å²) >= 11 is 0. The highest BCUT2D eigenvalue weighted by atomic mass is 16.1. The first-order valence-corrected chi connectivity index (χ1v) is 5.78. The topological polar surface area (TPSA) is 68.0 Å². The van der Waals surface area contributed by atoms with Crippen molar-refractivity contribution in [1.82, 2.24) is 24.4 Å². The van der Waals surface area contributed by atoms with Gasteiger partial charge in [-0.05, 0) is 12.5 Å². The highest BCUT2D eigenvalue weighted by Gasteiger charge is 2.08. The van der Waals surface area contributed by atoms with Gasteiger partial charge in [-0.25, -0.2) is 4.52 Å². The molecule has 0 atom stereocenters. The number of rotatable bonds is 2. The molecule has 6 heteroatoms. The lowest BCUT2D eigenvalue weighted by molar-refractivity contribution is 0.768. The zero-order chi connectivity index (χ0) is 12.7. The maximum absolute atomic E-state index is 12.0. The number of H-pyrrole nitrogens is 1.